The maximum Gasteiger partial charge on any atom is 0.268 e. The molecule has 21 heavy (non-hydrogen) atoms. The molecule has 0 unspecified atom stereocenters. The lowest BCUT2D eigenvalue weighted by Crippen LogP contribution is -2.38. The van der Waals surface area contributed by atoms with Gasteiger partial charge in [0.1, 0.15) is 11.5 Å². The summed E-state index contributed by atoms with van der Waals surface area (Å²) in [7, 11) is 1.53. The Hall–Kier alpha value is -2.41. The fraction of sp³-hybridized carbons (Fsp3) is 0.286. The first-order valence-corrected chi connectivity index (χ1v) is 6.43. The lowest BCUT2D eigenvalue weighted by atomic mass is 10.2. The molecule has 0 saturated heterocycles. The molecule has 0 radical (unpaired) electrons. The van der Waals surface area contributed by atoms with Gasteiger partial charge in [-0.1, -0.05) is 6.07 Å². The highest BCUT2D eigenvalue weighted by Gasteiger charge is 2.12. The number of carbonyl (C=O) groups excluding carboxylic acids is 2. The van der Waals surface area contributed by atoms with E-state index in [4.69, 9.17) is 4.74 Å². The number of hydrogen-bond donors (Lipinski definition) is 3. The Labute approximate surface area is 120 Å². The van der Waals surface area contributed by atoms with Crippen molar-refractivity contribution in [1.82, 2.24) is 15.6 Å². The molecule has 0 spiro atoms. The van der Waals surface area contributed by atoms with E-state index in [1.54, 1.807) is 12.1 Å². The van der Waals surface area contributed by atoms with Crippen LogP contribution in [-0.4, -0.2) is 43.6 Å². The molecule has 2 amide bonds. The van der Waals surface area contributed by atoms with Crippen LogP contribution < -0.4 is 10.6 Å². The number of carbonyl (C=O) groups is 2. The fourth-order valence-corrected chi connectivity index (χ4v) is 1.85. The van der Waals surface area contributed by atoms with Gasteiger partial charge in [-0.25, -0.2) is 4.39 Å². The summed E-state index contributed by atoms with van der Waals surface area (Å²) >= 11 is 0. The minimum atomic E-state index is -0.465. The molecule has 0 saturated carbocycles. The van der Waals surface area contributed by atoms with Crippen LogP contribution in [0, 0.1) is 5.82 Å². The van der Waals surface area contributed by atoms with Gasteiger partial charge in [0.15, 0.2) is 0 Å². The Bertz CT molecular complexity index is 654. The Kier molecular flexibility index (Phi) is 4.89. The molecule has 0 fully saturated rings. The van der Waals surface area contributed by atoms with Crippen LogP contribution in [0.3, 0.4) is 0 Å². The predicted octanol–water partition coefficient (Wildman–Crippen LogP) is 0.799. The van der Waals surface area contributed by atoms with Crippen molar-refractivity contribution in [2.75, 3.05) is 26.8 Å². The van der Waals surface area contributed by atoms with Crippen LogP contribution in [0.2, 0.25) is 0 Å². The largest absolute Gasteiger partial charge is 0.383 e. The zero-order valence-electron chi connectivity index (χ0n) is 11.5. The second-order valence-electron chi connectivity index (χ2n) is 4.41. The first-order valence-electron chi connectivity index (χ1n) is 6.43. The van der Waals surface area contributed by atoms with Gasteiger partial charge in [-0.05, 0) is 18.2 Å². The highest BCUT2D eigenvalue weighted by atomic mass is 19.1. The predicted molar refractivity (Wildman–Crippen MR) is 75.5 cm³/mol. The summed E-state index contributed by atoms with van der Waals surface area (Å²) in [5, 5.41) is 5.38. The van der Waals surface area contributed by atoms with Gasteiger partial charge in [0.05, 0.1) is 13.2 Å². The van der Waals surface area contributed by atoms with Gasteiger partial charge in [0.2, 0.25) is 5.91 Å². The fourth-order valence-electron chi connectivity index (χ4n) is 1.85. The molecule has 6 nitrogen and oxygen atoms in total. The van der Waals surface area contributed by atoms with Gasteiger partial charge in [0.25, 0.3) is 5.91 Å². The first-order chi connectivity index (χ1) is 10.1. The molecule has 2 rings (SSSR count). The van der Waals surface area contributed by atoms with Crippen LogP contribution in [0.4, 0.5) is 4.39 Å². The second-order valence-corrected chi connectivity index (χ2v) is 4.41. The van der Waals surface area contributed by atoms with Crippen molar-refractivity contribution in [3.8, 4) is 0 Å². The molecule has 0 bridgehead atoms. The Balaban J connectivity index is 1.93. The Morgan fingerprint density at radius 1 is 1.33 bits per heavy atom. The van der Waals surface area contributed by atoms with Crippen LogP contribution in [0.25, 0.3) is 10.9 Å². The van der Waals surface area contributed by atoms with Crippen molar-refractivity contribution in [2.45, 2.75) is 0 Å². The molecule has 112 valence electrons. The summed E-state index contributed by atoms with van der Waals surface area (Å²) < 4.78 is 18.3. The summed E-state index contributed by atoms with van der Waals surface area (Å²) in [6, 6.07) is 5.97. The van der Waals surface area contributed by atoms with Gasteiger partial charge in [0, 0.05) is 24.6 Å². The van der Waals surface area contributed by atoms with Gasteiger partial charge < -0.3 is 20.4 Å². The van der Waals surface area contributed by atoms with E-state index in [0.717, 1.165) is 0 Å². The number of amides is 2. The van der Waals surface area contributed by atoms with Gasteiger partial charge in [-0.3, -0.25) is 9.59 Å². The van der Waals surface area contributed by atoms with E-state index in [9.17, 15) is 14.0 Å². The number of H-pyrrole nitrogens is 1. The number of hydrogen-bond acceptors (Lipinski definition) is 3. The molecular formula is C14H16FN3O3. The Morgan fingerprint density at radius 2 is 2.14 bits per heavy atom. The van der Waals surface area contributed by atoms with Crippen LogP contribution in [0.5, 0.6) is 0 Å². The minimum Gasteiger partial charge on any atom is -0.383 e. The van der Waals surface area contributed by atoms with Crippen molar-refractivity contribution in [3.05, 3.63) is 35.8 Å². The third-order valence-corrected chi connectivity index (χ3v) is 2.89. The number of fused-ring (bicyclic) bond motifs is 1. The summed E-state index contributed by atoms with van der Waals surface area (Å²) in [4.78, 5) is 26.1. The Morgan fingerprint density at radius 3 is 2.86 bits per heavy atom. The number of benzene rings is 1. The molecule has 0 aliphatic carbocycles. The number of aromatic nitrogens is 1. The monoisotopic (exact) mass is 293 g/mol. The molecule has 3 N–H and O–H groups in total. The highest BCUT2D eigenvalue weighted by Crippen LogP contribution is 2.18. The van der Waals surface area contributed by atoms with E-state index in [1.165, 1.54) is 19.2 Å². The third kappa shape index (κ3) is 3.79. The SMILES string of the molecule is COCCNC(=O)CNC(=O)c1cc2c(F)cccc2[nH]1. The van der Waals surface area contributed by atoms with Crippen LogP contribution >= 0.6 is 0 Å². The van der Waals surface area contributed by atoms with Crippen molar-refractivity contribution in [1.29, 1.82) is 0 Å². The molecule has 7 heteroatoms. The third-order valence-electron chi connectivity index (χ3n) is 2.89. The van der Waals surface area contributed by atoms with E-state index in [1.807, 2.05) is 0 Å². The number of halogens is 1. The van der Waals surface area contributed by atoms with Gasteiger partial charge >= 0.3 is 0 Å². The summed E-state index contributed by atoms with van der Waals surface area (Å²) in [5.41, 5.74) is 0.740. The number of aromatic amines is 1. The average molecular weight is 293 g/mol. The summed E-state index contributed by atoms with van der Waals surface area (Å²) in [6.45, 7) is 0.629. The van der Waals surface area contributed by atoms with E-state index in [-0.39, 0.29) is 18.1 Å². The quantitative estimate of drug-likeness (QED) is 0.689. The molecule has 1 aromatic heterocycles. The lowest BCUT2D eigenvalue weighted by molar-refractivity contribution is -0.120. The molecule has 0 atom stereocenters. The van der Waals surface area contributed by atoms with Gasteiger partial charge in [-0.2, -0.15) is 0 Å². The maximum absolute atomic E-state index is 13.5. The molecule has 0 aliphatic rings. The highest BCUT2D eigenvalue weighted by molar-refractivity contribution is 5.99. The van der Waals surface area contributed by atoms with Crippen molar-refractivity contribution in [2.24, 2.45) is 0 Å². The van der Waals surface area contributed by atoms with Crippen LogP contribution in [0.15, 0.2) is 24.3 Å². The van der Waals surface area contributed by atoms with E-state index >= 15 is 0 Å². The van der Waals surface area contributed by atoms with Crippen molar-refractivity contribution in [3.63, 3.8) is 0 Å². The normalized spacial score (nSPS) is 10.6. The smallest absolute Gasteiger partial charge is 0.268 e. The number of nitrogens with one attached hydrogen (secondary N) is 3. The van der Waals surface area contributed by atoms with E-state index in [0.29, 0.717) is 24.1 Å². The lowest BCUT2D eigenvalue weighted by Gasteiger charge is -2.05. The topological polar surface area (TPSA) is 83.2 Å². The number of ether oxygens (including phenoxy) is 1. The standard InChI is InChI=1S/C14H16FN3O3/c1-21-6-5-16-13(19)8-17-14(20)12-7-9-10(15)3-2-4-11(9)18-12/h2-4,7,18H,5-6,8H2,1H3,(H,16,19)(H,17,20). The average Bonchev–Trinajstić information content (AvgIpc) is 2.91. The van der Waals surface area contributed by atoms with E-state index in [2.05, 4.69) is 15.6 Å². The number of rotatable bonds is 6. The van der Waals surface area contributed by atoms with Crippen LogP contribution in [0.1, 0.15) is 10.5 Å². The molecular weight excluding hydrogens is 277 g/mol. The zero-order valence-corrected chi connectivity index (χ0v) is 11.5. The summed E-state index contributed by atoms with van der Waals surface area (Å²) in [5.74, 6) is -1.18. The maximum atomic E-state index is 13.5. The molecule has 2 aromatic rings. The van der Waals surface area contributed by atoms with Crippen molar-refractivity contribution < 1.29 is 18.7 Å². The van der Waals surface area contributed by atoms with Crippen molar-refractivity contribution >= 4 is 22.7 Å². The molecule has 0 aliphatic heterocycles. The van der Waals surface area contributed by atoms with E-state index < -0.39 is 11.7 Å². The molecule has 1 heterocycles. The summed E-state index contributed by atoms with van der Waals surface area (Å²) in [6.07, 6.45) is 0. The van der Waals surface area contributed by atoms with Crippen LogP contribution in [-0.2, 0) is 9.53 Å². The first kappa shape index (κ1) is 15.0. The molecule has 1 aromatic carbocycles. The minimum absolute atomic E-state index is 0.152. The second kappa shape index (κ2) is 6.85. The zero-order chi connectivity index (χ0) is 15.2. The van der Waals surface area contributed by atoms with Gasteiger partial charge in [-0.15, -0.1) is 0 Å². The number of methoxy groups -OCH3 is 1.